The summed E-state index contributed by atoms with van der Waals surface area (Å²) in [4.78, 5) is 0. The molecule has 0 bridgehead atoms. The zero-order valence-electron chi connectivity index (χ0n) is 9.00. The minimum absolute atomic E-state index is 0.154. The maximum atomic E-state index is 9.00. The van der Waals surface area contributed by atoms with Crippen LogP contribution < -0.4 is 11.1 Å². The monoisotopic (exact) mass is 228 g/mol. The van der Waals surface area contributed by atoms with Crippen molar-refractivity contribution in [2.75, 3.05) is 17.7 Å². The average Bonchev–Trinajstić information content (AvgIpc) is 2.20. The molecule has 1 aromatic rings. The van der Waals surface area contributed by atoms with E-state index in [1.54, 1.807) is 12.1 Å². The first-order chi connectivity index (χ1) is 7.04. The fraction of sp³-hybridized carbons (Fsp3) is 0.455. The Morgan fingerprint density at radius 3 is 2.67 bits per heavy atom. The summed E-state index contributed by atoms with van der Waals surface area (Å²) in [5.41, 5.74) is 7.28. The minimum Gasteiger partial charge on any atom is -0.397 e. The lowest BCUT2D eigenvalue weighted by molar-refractivity contribution is 0.226. The van der Waals surface area contributed by atoms with E-state index in [9.17, 15) is 0 Å². The lowest BCUT2D eigenvalue weighted by Crippen LogP contribution is -2.26. The van der Waals surface area contributed by atoms with Gasteiger partial charge in [0.2, 0.25) is 0 Å². The van der Waals surface area contributed by atoms with Gasteiger partial charge in [-0.1, -0.05) is 18.5 Å². The van der Waals surface area contributed by atoms with Crippen molar-refractivity contribution in [2.24, 2.45) is 5.92 Å². The predicted octanol–water partition coefficient (Wildman–Crippen LogP) is 2.35. The van der Waals surface area contributed by atoms with Crippen molar-refractivity contribution in [3.8, 4) is 0 Å². The number of benzene rings is 1. The normalized spacial score (nSPS) is 14.7. The number of halogens is 1. The fourth-order valence-electron chi connectivity index (χ4n) is 1.21. The minimum atomic E-state index is 0.154. The Labute approximate surface area is 95.2 Å². The molecule has 0 fully saturated rings. The highest BCUT2D eigenvalue weighted by atomic mass is 35.5. The quantitative estimate of drug-likeness (QED) is 0.694. The van der Waals surface area contributed by atoms with Gasteiger partial charge in [0.1, 0.15) is 0 Å². The fourth-order valence-corrected chi connectivity index (χ4v) is 1.39. The first-order valence-corrected chi connectivity index (χ1v) is 5.34. The summed E-state index contributed by atoms with van der Waals surface area (Å²) in [6.07, 6.45) is 0. The number of hydrogen-bond acceptors (Lipinski definition) is 3. The van der Waals surface area contributed by atoms with Crippen LogP contribution in [-0.2, 0) is 0 Å². The molecule has 0 saturated carbocycles. The molecule has 2 unspecified atom stereocenters. The van der Waals surface area contributed by atoms with Gasteiger partial charge in [-0.05, 0) is 31.0 Å². The number of anilines is 2. The number of rotatable bonds is 4. The molecule has 15 heavy (non-hydrogen) atoms. The van der Waals surface area contributed by atoms with Gasteiger partial charge >= 0.3 is 0 Å². The summed E-state index contributed by atoms with van der Waals surface area (Å²) in [5.74, 6) is 0.181. The molecule has 0 saturated heterocycles. The molecule has 1 aromatic carbocycles. The topological polar surface area (TPSA) is 58.3 Å². The van der Waals surface area contributed by atoms with Gasteiger partial charge in [-0.2, -0.15) is 0 Å². The molecular formula is C11H17ClN2O. The maximum Gasteiger partial charge on any atom is 0.0577 e. The van der Waals surface area contributed by atoms with Gasteiger partial charge in [0, 0.05) is 17.7 Å². The van der Waals surface area contributed by atoms with Crippen molar-refractivity contribution >= 4 is 23.0 Å². The van der Waals surface area contributed by atoms with Crippen LogP contribution in [0.4, 0.5) is 11.4 Å². The van der Waals surface area contributed by atoms with Crippen molar-refractivity contribution in [3.63, 3.8) is 0 Å². The Morgan fingerprint density at radius 2 is 2.13 bits per heavy atom. The van der Waals surface area contributed by atoms with E-state index in [0.717, 1.165) is 5.69 Å². The lowest BCUT2D eigenvalue weighted by atomic mass is 10.0. The van der Waals surface area contributed by atoms with Gasteiger partial charge in [0.05, 0.1) is 11.4 Å². The van der Waals surface area contributed by atoms with Crippen LogP contribution in [0.3, 0.4) is 0 Å². The molecule has 0 aliphatic rings. The highest BCUT2D eigenvalue weighted by Crippen LogP contribution is 2.24. The number of aliphatic hydroxyl groups excluding tert-OH is 1. The second-order valence-corrected chi connectivity index (χ2v) is 4.26. The molecule has 0 aliphatic heterocycles. The summed E-state index contributed by atoms with van der Waals surface area (Å²) < 4.78 is 0. The Kier molecular flexibility index (Phi) is 4.24. The van der Waals surface area contributed by atoms with E-state index in [1.165, 1.54) is 0 Å². The molecule has 0 amide bonds. The van der Waals surface area contributed by atoms with Crippen LogP contribution in [0.2, 0.25) is 5.02 Å². The summed E-state index contributed by atoms with van der Waals surface area (Å²) in [5, 5.41) is 12.9. The van der Waals surface area contributed by atoms with E-state index in [2.05, 4.69) is 5.32 Å². The Bertz CT molecular complexity index is 330. The van der Waals surface area contributed by atoms with Gasteiger partial charge < -0.3 is 16.2 Å². The molecule has 0 heterocycles. The maximum absolute atomic E-state index is 9.00. The first-order valence-electron chi connectivity index (χ1n) is 4.97. The molecule has 2 atom stereocenters. The number of hydrogen-bond donors (Lipinski definition) is 3. The SMILES string of the molecule is CC(CO)C(C)Nc1ccc(Cl)cc1N. The molecular weight excluding hydrogens is 212 g/mol. The van der Waals surface area contributed by atoms with E-state index >= 15 is 0 Å². The zero-order valence-corrected chi connectivity index (χ0v) is 9.75. The highest BCUT2D eigenvalue weighted by Gasteiger charge is 2.11. The van der Waals surface area contributed by atoms with Crippen LogP contribution in [0.15, 0.2) is 18.2 Å². The largest absolute Gasteiger partial charge is 0.397 e. The van der Waals surface area contributed by atoms with E-state index in [0.29, 0.717) is 10.7 Å². The van der Waals surface area contributed by atoms with E-state index in [1.807, 2.05) is 19.9 Å². The third-order valence-corrected chi connectivity index (χ3v) is 2.77. The van der Waals surface area contributed by atoms with Crippen LogP contribution in [0.1, 0.15) is 13.8 Å². The van der Waals surface area contributed by atoms with Crippen LogP contribution in [-0.4, -0.2) is 17.8 Å². The number of nitrogen functional groups attached to an aromatic ring is 1. The molecule has 0 aromatic heterocycles. The summed E-state index contributed by atoms with van der Waals surface area (Å²) in [7, 11) is 0. The summed E-state index contributed by atoms with van der Waals surface area (Å²) in [6, 6.07) is 5.51. The molecule has 84 valence electrons. The number of nitrogens with two attached hydrogens (primary N) is 1. The Hall–Kier alpha value is -0.930. The van der Waals surface area contributed by atoms with Gasteiger partial charge in [0.25, 0.3) is 0 Å². The number of aliphatic hydroxyl groups is 1. The highest BCUT2D eigenvalue weighted by molar-refractivity contribution is 6.31. The average molecular weight is 229 g/mol. The van der Waals surface area contributed by atoms with Gasteiger partial charge in [-0.15, -0.1) is 0 Å². The van der Waals surface area contributed by atoms with Crippen molar-refractivity contribution in [1.82, 2.24) is 0 Å². The Balaban J connectivity index is 2.72. The van der Waals surface area contributed by atoms with Gasteiger partial charge in [-0.3, -0.25) is 0 Å². The first kappa shape index (κ1) is 12.1. The standard InChI is InChI=1S/C11H17ClN2O/c1-7(6-15)8(2)14-11-4-3-9(12)5-10(11)13/h3-5,7-8,14-15H,6,13H2,1-2H3. The second-order valence-electron chi connectivity index (χ2n) is 3.82. The van der Waals surface area contributed by atoms with Crippen LogP contribution in [0.5, 0.6) is 0 Å². The molecule has 1 rings (SSSR count). The third kappa shape index (κ3) is 3.29. The zero-order chi connectivity index (χ0) is 11.4. The third-order valence-electron chi connectivity index (χ3n) is 2.54. The van der Waals surface area contributed by atoms with E-state index in [4.69, 9.17) is 22.4 Å². The molecule has 0 aliphatic carbocycles. The summed E-state index contributed by atoms with van der Waals surface area (Å²) in [6.45, 7) is 4.14. The molecule has 3 nitrogen and oxygen atoms in total. The summed E-state index contributed by atoms with van der Waals surface area (Å²) >= 11 is 5.80. The van der Waals surface area contributed by atoms with Crippen molar-refractivity contribution in [2.45, 2.75) is 19.9 Å². The van der Waals surface area contributed by atoms with Crippen molar-refractivity contribution < 1.29 is 5.11 Å². The lowest BCUT2D eigenvalue weighted by Gasteiger charge is -2.21. The van der Waals surface area contributed by atoms with Crippen LogP contribution in [0.25, 0.3) is 0 Å². The predicted molar refractivity (Wildman–Crippen MR) is 65.2 cm³/mol. The second kappa shape index (κ2) is 5.24. The molecule has 4 heteroatoms. The van der Waals surface area contributed by atoms with Crippen molar-refractivity contribution in [1.29, 1.82) is 0 Å². The van der Waals surface area contributed by atoms with E-state index in [-0.39, 0.29) is 18.6 Å². The van der Waals surface area contributed by atoms with Gasteiger partial charge in [0.15, 0.2) is 0 Å². The Morgan fingerprint density at radius 1 is 1.47 bits per heavy atom. The van der Waals surface area contributed by atoms with Crippen LogP contribution in [0, 0.1) is 5.92 Å². The molecule has 4 N–H and O–H groups in total. The number of nitrogens with one attached hydrogen (secondary N) is 1. The van der Waals surface area contributed by atoms with Crippen LogP contribution >= 0.6 is 11.6 Å². The molecule has 0 radical (unpaired) electrons. The smallest absolute Gasteiger partial charge is 0.0577 e. The van der Waals surface area contributed by atoms with Gasteiger partial charge in [-0.25, -0.2) is 0 Å². The van der Waals surface area contributed by atoms with E-state index < -0.39 is 0 Å². The van der Waals surface area contributed by atoms with Crippen molar-refractivity contribution in [3.05, 3.63) is 23.2 Å². The molecule has 0 spiro atoms.